The standard InChI is InChI=1S/C16H31N3O3/c1-16(2,3)17-14(21)11-18(4)15(22)12-19-9-6-5-7-13(19)8-10-20/h13,20H,5-12H2,1-4H3,(H,17,21). The van der Waals surface area contributed by atoms with Crippen LogP contribution < -0.4 is 5.32 Å². The average molecular weight is 313 g/mol. The van der Waals surface area contributed by atoms with Crippen molar-refractivity contribution < 1.29 is 14.7 Å². The molecule has 1 fully saturated rings. The molecule has 2 amide bonds. The van der Waals surface area contributed by atoms with Crippen molar-refractivity contribution in [2.24, 2.45) is 0 Å². The summed E-state index contributed by atoms with van der Waals surface area (Å²) >= 11 is 0. The number of hydrogen-bond donors (Lipinski definition) is 2. The number of rotatable bonds is 6. The largest absolute Gasteiger partial charge is 0.396 e. The van der Waals surface area contributed by atoms with E-state index in [1.54, 1.807) is 7.05 Å². The van der Waals surface area contributed by atoms with Gasteiger partial charge in [0.2, 0.25) is 11.8 Å². The Labute approximate surface area is 133 Å². The van der Waals surface area contributed by atoms with E-state index < -0.39 is 0 Å². The monoisotopic (exact) mass is 313 g/mol. The van der Waals surface area contributed by atoms with Gasteiger partial charge in [-0.25, -0.2) is 0 Å². The minimum absolute atomic E-state index is 0.0473. The molecule has 1 aliphatic rings. The molecular formula is C16H31N3O3. The van der Waals surface area contributed by atoms with Crippen LogP contribution in [0.3, 0.4) is 0 Å². The van der Waals surface area contributed by atoms with E-state index in [2.05, 4.69) is 10.2 Å². The summed E-state index contributed by atoms with van der Waals surface area (Å²) in [5.41, 5.74) is -0.292. The lowest BCUT2D eigenvalue weighted by Crippen LogP contribution is -2.50. The molecule has 2 N–H and O–H groups in total. The maximum atomic E-state index is 12.3. The molecule has 1 atom stereocenters. The molecule has 1 aliphatic heterocycles. The van der Waals surface area contributed by atoms with Crippen LogP contribution in [0, 0.1) is 0 Å². The summed E-state index contributed by atoms with van der Waals surface area (Å²) in [4.78, 5) is 27.8. The highest BCUT2D eigenvalue weighted by Gasteiger charge is 2.25. The van der Waals surface area contributed by atoms with Crippen molar-refractivity contribution >= 4 is 11.8 Å². The molecule has 6 nitrogen and oxygen atoms in total. The van der Waals surface area contributed by atoms with E-state index in [1.807, 2.05) is 20.8 Å². The molecule has 1 saturated heterocycles. The number of carbonyl (C=O) groups is 2. The van der Waals surface area contributed by atoms with Gasteiger partial charge in [-0.05, 0) is 46.6 Å². The van der Waals surface area contributed by atoms with Crippen LogP contribution in [-0.2, 0) is 9.59 Å². The first-order chi connectivity index (χ1) is 10.2. The first-order valence-electron chi connectivity index (χ1n) is 8.13. The quantitative estimate of drug-likeness (QED) is 0.753. The highest BCUT2D eigenvalue weighted by Crippen LogP contribution is 2.19. The van der Waals surface area contributed by atoms with Crippen molar-refractivity contribution in [3.05, 3.63) is 0 Å². The lowest BCUT2D eigenvalue weighted by atomic mass is 9.99. The van der Waals surface area contributed by atoms with E-state index in [-0.39, 0.29) is 36.5 Å². The Balaban J connectivity index is 2.47. The number of amides is 2. The fourth-order valence-corrected chi connectivity index (χ4v) is 2.80. The maximum Gasteiger partial charge on any atom is 0.240 e. The predicted molar refractivity (Wildman–Crippen MR) is 86.4 cm³/mol. The van der Waals surface area contributed by atoms with E-state index in [4.69, 9.17) is 5.11 Å². The van der Waals surface area contributed by atoms with Gasteiger partial charge in [0.25, 0.3) is 0 Å². The molecule has 128 valence electrons. The van der Waals surface area contributed by atoms with Crippen LogP contribution in [0.4, 0.5) is 0 Å². The predicted octanol–water partition coefficient (Wildman–Crippen LogP) is 0.596. The highest BCUT2D eigenvalue weighted by molar-refractivity contribution is 5.85. The highest BCUT2D eigenvalue weighted by atomic mass is 16.3. The van der Waals surface area contributed by atoms with Crippen molar-refractivity contribution in [2.75, 3.05) is 33.3 Å². The Morgan fingerprint density at radius 2 is 2.00 bits per heavy atom. The van der Waals surface area contributed by atoms with Crippen LogP contribution in [-0.4, -0.2) is 71.6 Å². The number of likely N-dealkylation sites (tertiary alicyclic amines) is 1. The van der Waals surface area contributed by atoms with E-state index >= 15 is 0 Å². The van der Waals surface area contributed by atoms with Gasteiger partial charge in [0, 0.05) is 25.2 Å². The molecule has 1 rings (SSSR count). The van der Waals surface area contributed by atoms with E-state index in [0.29, 0.717) is 13.0 Å². The fourth-order valence-electron chi connectivity index (χ4n) is 2.80. The number of piperidine rings is 1. The molecule has 1 heterocycles. The number of carbonyl (C=O) groups excluding carboxylic acids is 2. The van der Waals surface area contributed by atoms with Gasteiger partial charge in [0.05, 0.1) is 13.1 Å². The van der Waals surface area contributed by atoms with Crippen LogP contribution in [0.15, 0.2) is 0 Å². The molecule has 0 aromatic carbocycles. The van der Waals surface area contributed by atoms with Crippen molar-refractivity contribution in [3.8, 4) is 0 Å². The molecule has 1 unspecified atom stereocenters. The normalized spacial score (nSPS) is 19.8. The van der Waals surface area contributed by atoms with Gasteiger partial charge in [0.15, 0.2) is 0 Å². The van der Waals surface area contributed by atoms with Crippen molar-refractivity contribution in [2.45, 2.75) is 58.0 Å². The Hall–Kier alpha value is -1.14. The number of nitrogens with one attached hydrogen (secondary N) is 1. The Kier molecular flexibility index (Phi) is 7.29. The smallest absolute Gasteiger partial charge is 0.240 e. The molecule has 0 bridgehead atoms. The molecule has 0 aromatic heterocycles. The number of aliphatic hydroxyl groups is 1. The fraction of sp³-hybridized carbons (Fsp3) is 0.875. The zero-order valence-corrected chi connectivity index (χ0v) is 14.4. The van der Waals surface area contributed by atoms with Gasteiger partial charge < -0.3 is 15.3 Å². The zero-order chi connectivity index (χ0) is 16.8. The average Bonchev–Trinajstić information content (AvgIpc) is 2.38. The second kappa shape index (κ2) is 8.48. The molecule has 0 radical (unpaired) electrons. The van der Waals surface area contributed by atoms with Gasteiger partial charge >= 0.3 is 0 Å². The number of hydrogen-bond acceptors (Lipinski definition) is 4. The summed E-state index contributed by atoms with van der Waals surface area (Å²) in [5, 5.41) is 12.0. The first-order valence-corrected chi connectivity index (χ1v) is 8.13. The Morgan fingerprint density at radius 3 is 2.59 bits per heavy atom. The second-order valence-corrected chi connectivity index (χ2v) is 7.18. The number of nitrogens with zero attached hydrogens (tertiary/aromatic N) is 2. The zero-order valence-electron chi connectivity index (χ0n) is 14.4. The van der Waals surface area contributed by atoms with E-state index in [1.165, 1.54) is 4.90 Å². The van der Waals surface area contributed by atoms with Crippen LogP contribution >= 0.6 is 0 Å². The number of aliphatic hydroxyl groups excluding tert-OH is 1. The maximum absolute atomic E-state index is 12.3. The molecular weight excluding hydrogens is 282 g/mol. The molecule has 0 aromatic rings. The molecule has 0 aliphatic carbocycles. The third-order valence-corrected chi connectivity index (χ3v) is 3.87. The summed E-state index contributed by atoms with van der Waals surface area (Å²) in [7, 11) is 1.66. The van der Waals surface area contributed by atoms with Crippen molar-refractivity contribution in [1.82, 2.24) is 15.1 Å². The molecule has 6 heteroatoms. The molecule has 0 saturated carbocycles. The van der Waals surface area contributed by atoms with Crippen molar-refractivity contribution in [1.29, 1.82) is 0 Å². The number of likely N-dealkylation sites (N-methyl/N-ethyl adjacent to an activating group) is 1. The summed E-state index contributed by atoms with van der Waals surface area (Å²) in [5.74, 6) is -0.192. The first kappa shape index (κ1) is 18.9. The van der Waals surface area contributed by atoms with Crippen molar-refractivity contribution in [3.63, 3.8) is 0 Å². The summed E-state index contributed by atoms with van der Waals surface area (Å²) in [6.07, 6.45) is 3.98. The van der Waals surface area contributed by atoms with Gasteiger partial charge in [-0.2, -0.15) is 0 Å². The van der Waals surface area contributed by atoms with Crippen LogP contribution in [0.5, 0.6) is 0 Å². The topological polar surface area (TPSA) is 72.9 Å². The lowest BCUT2D eigenvalue weighted by molar-refractivity contribution is -0.136. The van der Waals surface area contributed by atoms with Gasteiger partial charge in [-0.15, -0.1) is 0 Å². The Morgan fingerprint density at radius 1 is 1.32 bits per heavy atom. The SMILES string of the molecule is CN(CC(=O)NC(C)(C)C)C(=O)CN1CCCCC1CCO. The van der Waals surface area contributed by atoms with Crippen LogP contribution in [0.2, 0.25) is 0 Å². The summed E-state index contributed by atoms with van der Waals surface area (Å²) in [6, 6.07) is 0.277. The molecule has 0 spiro atoms. The summed E-state index contributed by atoms with van der Waals surface area (Å²) in [6.45, 7) is 7.19. The molecule has 22 heavy (non-hydrogen) atoms. The second-order valence-electron chi connectivity index (χ2n) is 7.18. The van der Waals surface area contributed by atoms with Crippen LogP contribution in [0.25, 0.3) is 0 Å². The van der Waals surface area contributed by atoms with Gasteiger partial charge in [0.1, 0.15) is 0 Å². The summed E-state index contributed by atoms with van der Waals surface area (Å²) < 4.78 is 0. The minimum atomic E-state index is -0.292. The Bertz CT molecular complexity index is 377. The van der Waals surface area contributed by atoms with E-state index in [0.717, 1.165) is 25.8 Å². The minimum Gasteiger partial charge on any atom is -0.396 e. The third kappa shape index (κ3) is 6.75. The van der Waals surface area contributed by atoms with Crippen LogP contribution in [0.1, 0.15) is 46.5 Å². The third-order valence-electron chi connectivity index (χ3n) is 3.87. The van der Waals surface area contributed by atoms with E-state index in [9.17, 15) is 9.59 Å². The lowest BCUT2D eigenvalue weighted by Gasteiger charge is -2.35. The van der Waals surface area contributed by atoms with Gasteiger partial charge in [-0.1, -0.05) is 6.42 Å². The van der Waals surface area contributed by atoms with Gasteiger partial charge in [-0.3, -0.25) is 14.5 Å².